The summed E-state index contributed by atoms with van der Waals surface area (Å²) in [4.78, 5) is 11.9. The number of furan rings is 1. The van der Waals surface area contributed by atoms with Crippen molar-refractivity contribution in [2.45, 2.75) is 26.7 Å². The van der Waals surface area contributed by atoms with Gasteiger partial charge in [0, 0.05) is 10.9 Å². The summed E-state index contributed by atoms with van der Waals surface area (Å²) >= 11 is 0. The van der Waals surface area contributed by atoms with Crippen LogP contribution < -0.4 is 5.63 Å². The van der Waals surface area contributed by atoms with Gasteiger partial charge in [0.05, 0.1) is 5.56 Å². The lowest BCUT2D eigenvalue weighted by atomic mass is 9.98. The lowest BCUT2D eigenvalue weighted by molar-refractivity contribution is 0.425. The van der Waals surface area contributed by atoms with Crippen LogP contribution in [0.4, 0.5) is 0 Å². The zero-order chi connectivity index (χ0) is 15.1. The molecule has 0 radical (unpaired) electrons. The van der Waals surface area contributed by atoms with Gasteiger partial charge in [-0.2, -0.15) is 0 Å². The molecule has 2 aromatic heterocycles. The molecule has 0 saturated heterocycles. The van der Waals surface area contributed by atoms with Crippen molar-refractivity contribution in [3.05, 3.63) is 51.9 Å². The first kappa shape index (κ1) is 13.5. The number of hydrogen-bond donors (Lipinski definition) is 1. The highest BCUT2D eigenvalue weighted by atomic mass is 16.4. The van der Waals surface area contributed by atoms with Crippen molar-refractivity contribution in [1.82, 2.24) is 0 Å². The van der Waals surface area contributed by atoms with E-state index in [1.165, 1.54) is 0 Å². The third kappa shape index (κ3) is 2.13. The van der Waals surface area contributed by atoms with E-state index < -0.39 is 5.63 Å². The van der Waals surface area contributed by atoms with Gasteiger partial charge in [-0.1, -0.05) is 32.0 Å². The van der Waals surface area contributed by atoms with Crippen molar-refractivity contribution in [3.8, 4) is 17.3 Å². The molecule has 1 N–H and O–H groups in total. The molecule has 0 aliphatic carbocycles. The maximum absolute atomic E-state index is 11.9. The predicted octanol–water partition coefficient (Wildman–Crippen LogP) is 4.19. The van der Waals surface area contributed by atoms with E-state index in [0.717, 1.165) is 5.39 Å². The lowest BCUT2D eigenvalue weighted by Crippen LogP contribution is -2.08. The molecule has 3 rings (SSSR count). The smallest absolute Gasteiger partial charge is 0.343 e. The van der Waals surface area contributed by atoms with Gasteiger partial charge >= 0.3 is 5.63 Å². The van der Waals surface area contributed by atoms with E-state index in [0.29, 0.717) is 22.7 Å². The Morgan fingerprint density at radius 3 is 2.52 bits per heavy atom. The summed E-state index contributed by atoms with van der Waals surface area (Å²) in [5.74, 6) is 0.731. The number of rotatable bonds is 2. The van der Waals surface area contributed by atoms with E-state index in [1.54, 1.807) is 6.92 Å². The number of fused-ring (bicyclic) bond motifs is 1. The minimum absolute atomic E-state index is 0.00346. The molecule has 0 aliphatic rings. The monoisotopic (exact) mass is 284 g/mol. The van der Waals surface area contributed by atoms with E-state index >= 15 is 0 Å². The summed E-state index contributed by atoms with van der Waals surface area (Å²) in [6.45, 7) is 5.41. The second kappa shape index (κ2) is 4.81. The quantitative estimate of drug-likeness (QED) is 0.766. The maximum atomic E-state index is 11.9. The molecule has 3 aromatic rings. The molecule has 21 heavy (non-hydrogen) atoms. The fourth-order valence-corrected chi connectivity index (χ4v) is 2.44. The van der Waals surface area contributed by atoms with Crippen LogP contribution in [0.5, 0.6) is 5.75 Å². The Morgan fingerprint density at radius 2 is 1.86 bits per heavy atom. The van der Waals surface area contributed by atoms with Crippen molar-refractivity contribution in [2.24, 2.45) is 0 Å². The Kier molecular flexibility index (Phi) is 3.09. The number of benzene rings is 1. The molecule has 108 valence electrons. The molecule has 0 spiro atoms. The Bertz CT molecular complexity index is 835. The van der Waals surface area contributed by atoms with Crippen molar-refractivity contribution in [1.29, 1.82) is 0 Å². The SMILES string of the molecule is Cc1c(O)c(C(C)C)c(-c2cc3ccccc3o2)oc1=O. The summed E-state index contributed by atoms with van der Waals surface area (Å²) in [6, 6.07) is 9.37. The first-order chi connectivity index (χ1) is 9.99. The maximum Gasteiger partial charge on any atom is 0.343 e. The largest absolute Gasteiger partial charge is 0.507 e. The molecular formula is C17H16O4. The zero-order valence-electron chi connectivity index (χ0n) is 12.1. The van der Waals surface area contributed by atoms with Gasteiger partial charge in [-0.25, -0.2) is 4.79 Å². The molecule has 2 heterocycles. The van der Waals surface area contributed by atoms with E-state index in [2.05, 4.69) is 0 Å². The highest BCUT2D eigenvalue weighted by Gasteiger charge is 2.22. The number of hydrogen-bond acceptors (Lipinski definition) is 4. The zero-order valence-corrected chi connectivity index (χ0v) is 12.1. The van der Waals surface area contributed by atoms with Crippen LogP contribution in [0.25, 0.3) is 22.5 Å². The summed E-state index contributed by atoms with van der Waals surface area (Å²) < 4.78 is 11.1. The van der Waals surface area contributed by atoms with Gasteiger partial charge < -0.3 is 13.9 Å². The minimum Gasteiger partial charge on any atom is -0.507 e. The molecule has 0 bridgehead atoms. The van der Waals surface area contributed by atoms with Gasteiger partial charge in [-0.15, -0.1) is 0 Å². The highest BCUT2D eigenvalue weighted by molar-refractivity contribution is 5.82. The van der Waals surface area contributed by atoms with Gasteiger partial charge in [0.2, 0.25) is 0 Å². The molecule has 0 aliphatic heterocycles. The highest BCUT2D eigenvalue weighted by Crippen LogP contribution is 2.38. The van der Waals surface area contributed by atoms with Crippen LogP contribution in [0.2, 0.25) is 0 Å². The van der Waals surface area contributed by atoms with Crippen LogP contribution in [0, 0.1) is 6.92 Å². The van der Waals surface area contributed by atoms with Gasteiger partial charge in [-0.3, -0.25) is 0 Å². The van der Waals surface area contributed by atoms with Crippen LogP contribution in [-0.4, -0.2) is 5.11 Å². The molecular weight excluding hydrogens is 268 g/mol. The van der Waals surface area contributed by atoms with Gasteiger partial charge in [-0.05, 0) is 25.0 Å². The summed E-state index contributed by atoms with van der Waals surface area (Å²) in [6.07, 6.45) is 0. The van der Waals surface area contributed by atoms with Gasteiger partial charge in [0.25, 0.3) is 0 Å². The first-order valence-electron chi connectivity index (χ1n) is 6.84. The topological polar surface area (TPSA) is 63.6 Å². The molecule has 4 nitrogen and oxygen atoms in total. The fraction of sp³-hybridized carbons (Fsp3) is 0.235. The fourth-order valence-electron chi connectivity index (χ4n) is 2.44. The Labute approximate surface area is 121 Å². The number of aromatic hydroxyl groups is 1. The van der Waals surface area contributed by atoms with E-state index in [-0.39, 0.29) is 17.2 Å². The molecule has 0 fully saturated rings. The number of para-hydroxylation sites is 1. The van der Waals surface area contributed by atoms with Crippen LogP contribution in [0.3, 0.4) is 0 Å². The van der Waals surface area contributed by atoms with Crippen molar-refractivity contribution in [2.75, 3.05) is 0 Å². The van der Waals surface area contributed by atoms with E-state index in [1.807, 2.05) is 44.2 Å². The Hall–Kier alpha value is -2.49. The van der Waals surface area contributed by atoms with Gasteiger partial charge in [0.1, 0.15) is 11.3 Å². The van der Waals surface area contributed by atoms with Crippen molar-refractivity contribution < 1.29 is 13.9 Å². The lowest BCUT2D eigenvalue weighted by Gasteiger charge is -2.12. The third-order valence-electron chi connectivity index (χ3n) is 3.58. The van der Waals surface area contributed by atoms with Gasteiger partial charge in [0.15, 0.2) is 11.5 Å². The van der Waals surface area contributed by atoms with Crippen molar-refractivity contribution in [3.63, 3.8) is 0 Å². The molecule has 1 aromatic carbocycles. The second-order valence-electron chi connectivity index (χ2n) is 5.41. The summed E-state index contributed by atoms with van der Waals surface area (Å²) in [5.41, 5.74) is 0.974. The Morgan fingerprint density at radius 1 is 1.14 bits per heavy atom. The van der Waals surface area contributed by atoms with Crippen molar-refractivity contribution >= 4 is 11.0 Å². The first-order valence-corrected chi connectivity index (χ1v) is 6.84. The van der Waals surface area contributed by atoms with Crippen LogP contribution >= 0.6 is 0 Å². The Balaban J connectivity index is 2.33. The minimum atomic E-state index is -0.549. The van der Waals surface area contributed by atoms with Crippen LogP contribution in [0.1, 0.15) is 30.9 Å². The van der Waals surface area contributed by atoms with Crippen LogP contribution in [-0.2, 0) is 0 Å². The molecule has 0 saturated carbocycles. The normalized spacial score (nSPS) is 11.4. The van der Waals surface area contributed by atoms with E-state index in [9.17, 15) is 9.90 Å². The van der Waals surface area contributed by atoms with Crippen LogP contribution in [0.15, 0.2) is 44.0 Å². The summed E-state index contributed by atoms with van der Waals surface area (Å²) in [5, 5.41) is 11.2. The average molecular weight is 284 g/mol. The molecule has 0 unspecified atom stereocenters. The summed E-state index contributed by atoms with van der Waals surface area (Å²) in [7, 11) is 0. The third-order valence-corrected chi connectivity index (χ3v) is 3.58. The average Bonchev–Trinajstić information content (AvgIpc) is 2.87. The predicted molar refractivity (Wildman–Crippen MR) is 80.7 cm³/mol. The second-order valence-corrected chi connectivity index (χ2v) is 5.41. The van der Waals surface area contributed by atoms with E-state index in [4.69, 9.17) is 8.83 Å². The molecule has 0 atom stereocenters. The molecule has 4 heteroatoms. The molecule has 0 amide bonds. The standard InChI is InChI=1S/C17H16O4/c1-9(2)14-15(18)10(3)17(19)21-16(14)13-8-11-6-4-5-7-12(11)20-13/h4-9,18H,1-3H3.